The Kier molecular flexibility index (Phi) is 5.50. The number of hydrogen-bond donors (Lipinski definition) is 1. The molecule has 3 heterocycles. The molecule has 1 aliphatic rings. The van der Waals surface area contributed by atoms with Crippen LogP contribution in [0.1, 0.15) is 19.8 Å². The number of rotatable bonds is 6. The van der Waals surface area contributed by atoms with Crippen molar-refractivity contribution in [2.24, 2.45) is 0 Å². The van der Waals surface area contributed by atoms with Gasteiger partial charge in [0.15, 0.2) is 0 Å². The molecule has 1 aliphatic heterocycles. The van der Waals surface area contributed by atoms with E-state index in [9.17, 15) is 4.79 Å². The van der Waals surface area contributed by atoms with Crippen molar-refractivity contribution in [2.45, 2.75) is 25.8 Å². The Labute approximate surface area is 140 Å². The highest BCUT2D eigenvalue weighted by atomic mass is 16.5. The second-order valence-corrected chi connectivity index (χ2v) is 5.69. The molecule has 1 fully saturated rings. The van der Waals surface area contributed by atoms with Crippen LogP contribution >= 0.6 is 0 Å². The lowest BCUT2D eigenvalue weighted by Crippen LogP contribution is -2.52. The van der Waals surface area contributed by atoms with Gasteiger partial charge < -0.3 is 10.1 Å². The van der Waals surface area contributed by atoms with E-state index in [-0.39, 0.29) is 11.9 Å². The summed E-state index contributed by atoms with van der Waals surface area (Å²) in [6.07, 6.45) is 8.77. The van der Waals surface area contributed by atoms with Crippen molar-refractivity contribution in [2.75, 3.05) is 31.6 Å². The van der Waals surface area contributed by atoms with E-state index < -0.39 is 0 Å². The van der Waals surface area contributed by atoms with Gasteiger partial charge >= 0.3 is 0 Å². The molecular weight excluding hydrogens is 308 g/mol. The highest BCUT2D eigenvalue weighted by molar-refractivity contribution is 5.94. The zero-order chi connectivity index (χ0) is 16.8. The van der Waals surface area contributed by atoms with Gasteiger partial charge in [-0.1, -0.05) is 13.3 Å². The Bertz CT molecular complexity index is 660. The van der Waals surface area contributed by atoms with Crippen molar-refractivity contribution in [3.63, 3.8) is 0 Å². The van der Waals surface area contributed by atoms with E-state index >= 15 is 0 Å². The van der Waals surface area contributed by atoms with E-state index in [2.05, 4.69) is 32.2 Å². The summed E-state index contributed by atoms with van der Waals surface area (Å²) in [6.45, 7) is 4.95. The van der Waals surface area contributed by atoms with Crippen LogP contribution in [0.5, 0.6) is 0 Å². The van der Waals surface area contributed by atoms with Gasteiger partial charge in [0.25, 0.3) is 0 Å². The first-order valence-corrected chi connectivity index (χ1v) is 8.22. The van der Waals surface area contributed by atoms with Crippen molar-refractivity contribution < 1.29 is 9.53 Å². The maximum atomic E-state index is 12.6. The predicted molar refractivity (Wildman–Crippen MR) is 88.9 cm³/mol. The lowest BCUT2D eigenvalue weighted by atomic mass is 10.2. The smallest absolute Gasteiger partial charge is 0.250 e. The molecule has 0 bridgehead atoms. The molecule has 1 atom stereocenters. The van der Waals surface area contributed by atoms with Gasteiger partial charge in [0.05, 0.1) is 31.3 Å². The molecule has 0 radical (unpaired) electrons. The van der Waals surface area contributed by atoms with Gasteiger partial charge in [-0.15, -0.1) is 0 Å². The number of morpholine rings is 1. The molecule has 24 heavy (non-hydrogen) atoms. The van der Waals surface area contributed by atoms with Crippen molar-refractivity contribution in [1.82, 2.24) is 24.6 Å². The predicted octanol–water partition coefficient (Wildman–Crippen LogP) is 1.10. The zero-order valence-electron chi connectivity index (χ0n) is 13.8. The Morgan fingerprint density at radius 2 is 2.25 bits per heavy atom. The molecule has 2 aromatic rings. The SMILES string of the molecule is CCCCN1CCOC[C@H]1C(=O)Nc1cnn(-c2ncccn2)c1. The number of unbranched alkanes of at least 4 members (excludes halogenated alkanes) is 1. The van der Waals surface area contributed by atoms with Crippen molar-refractivity contribution >= 4 is 11.6 Å². The lowest BCUT2D eigenvalue weighted by Gasteiger charge is -2.34. The summed E-state index contributed by atoms with van der Waals surface area (Å²) in [5, 5.41) is 7.09. The summed E-state index contributed by atoms with van der Waals surface area (Å²) in [5.41, 5.74) is 0.619. The Morgan fingerprint density at radius 3 is 3.04 bits per heavy atom. The van der Waals surface area contributed by atoms with Gasteiger partial charge in [-0.3, -0.25) is 9.69 Å². The van der Waals surface area contributed by atoms with Crippen molar-refractivity contribution in [1.29, 1.82) is 0 Å². The Hall–Kier alpha value is -2.32. The second-order valence-electron chi connectivity index (χ2n) is 5.69. The van der Waals surface area contributed by atoms with Crippen molar-refractivity contribution in [3.05, 3.63) is 30.9 Å². The molecule has 0 saturated carbocycles. The zero-order valence-corrected chi connectivity index (χ0v) is 13.8. The van der Waals surface area contributed by atoms with Crippen LogP contribution in [-0.2, 0) is 9.53 Å². The minimum Gasteiger partial charge on any atom is -0.378 e. The molecular formula is C16H22N6O2. The number of ether oxygens (including phenoxy) is 1. The Balaban J connectivity index is 1.64. The monoisotopic (exact) mass is 330 g/mol. The second kappa shape index (κ2) is 7.98. The molecule has 0 aliphatic carbocycles. The molecule has 1 N–H and O–H groups in total. The molecule has 0 unspecified atom stereocenters. The average molecular weight is 330 g/mol. The summed E-state index contributed by atoms with van der Waals surface area (Å²) in [7, 11) is 0. The fourth-order valence-electron chi connectivity index (χ4n) is 2.64. The number of anilines is 1. The molecule has 1 amide bonds. The summed E-state index contributed by atoms with van der Waals surface area (Å²) >= 11 is 0. The van der Waals surface area contributed by atoms with Crippen LogP contribution in [-0.4, -0.2) is 62.9 Å². The number of carbonyl (C=O) groups excluding carboxylic acids is 1. The fraction of sp³-hybridized carbons (Fsp3) is 0.500. The van der Waals surface area contributed by atoms with Gasteiger partial charge in [0.2, 0.25) is 11.9 Å². The van der Waals surface area contributed by atoms with Crippen LogP contribution in [0.15, 0.2) is 30.9 Å². The minimum absolute atomic E-state index is 0.0701. The number of aromatic nitrogens is 4. The lowest BCUT2D eigenvalue weighted by molar-refractivity contribution is -0.127. The summed E-state index contributed by atoms with van der Waals surface area (Å²) < 4.78 is 7.01. The molecule has 0 spiro atoms. The van der Waals surface area contributed by atoms with Crippen LogP contribution < -0.4 is 5.32 Å². The third kappa shape index (κ3) is 3.95. The number of carbonyl (C=O) groups is 1. The van der Waals surface area contributed by atoms with E-state index in [1.807, 2.05) is 0 Å². The summed E-state index contributed by atoms with van der Waals surface area (Å²) in [6, 6.07) is 1.48. The number of hydrogen-bond acceptors (Lipinski definition) is 6. The van der Waals surface area contributed by atoms with E-state index in [4.69, 9.17) is 4.74 Å². The first kappa shape index (κ1) is 16.5. The summed E-state index contributed by atoms with van der Waals surface area (Å²) in [4.78, 5) is 23.0. The normalized spacial score (nSPS) is 18.5. The van der Waals surface area contributed by atoms with Crippen LogP contribution in [0.3, 0.4) is 0 Å². The molecule has 8 nitrogen and oxygen atoms in total. The van der Waals surface area contributed by atoms with Gasteiger partial charge in [0.1, 0.15) is 6.04 Å². The maximum absolute atomic E-state index is 12.6. The number of nitrogens with one attached hydrogen (secondary N) is 1. The van der Waals surface area contributed by atoms with Gasteiger partial charge in [-0.25, -0.2) is 14.6 Å². The topological polar surface area (TPSA) is 85.2 Å². The van der Waals surface area contributed by atoms with Crippen LogP contribution in [0, 0.1) is 0 Å². The number of amides is 1. The summed E-state index contributed by atoms with van der Waals surface area (Å²) in [5.74, 6) is 0.392. The average Bonchev–Trinajstić information content (AvgIpc) is 3.09. The largest absolute Gasteiger partial charge is 0.378 e. The van der Waals surface area contributed by atoms with Crippen molar-refractivity contribution in [3.8, 4) is 5.95 Å². The molecule has 3 rings (SSSR count). The Morgan fingerprint density at radius 1 is 1.42 bits per heavy atom. The van der Waals surface area contributed by atoms with Gasteiger partial charge in [-0.2, -0.15) is 5.10 Å². The quantitative estimate of drug-likeness (QED) is 0.854. The third-order valence-corrected chi connectivity index (χ3v) is 3.95. The molecule has 8 heteroatoms. The number of nitrogens with zero attached hydrogens (tertiary/aromatic N) is 5. The third-order valence-electron chi connectivity index (χ3n) is 3.95. The molecule has 2 aromatic heterocycles. The first-order valence-electron chi connectivity index (χ1n) is 8.22. The molecule has 128 valence electrons. The van der Waals surface area contributed by atoms with E-state index in [0.29, 0.717) is 24.8 Å². The van der Waals surface area contributed by atoms with Crippen LogP contribution in [0.4, 0.5) is 5.69 Å². The minimum atomic E-state index is -0.262. The van der Waals surface area contributed by atoms with Gasteiger partial charge in [0, 0.05) is 18.9 Å². The van der Waals surface area contributed by atoms with E-state index in [1.165, 1.54) is 4.68 Å². The van der Waals surface area contributed by atoms with Crippen LogP contribution in [0.25, 0.3) is 5.95 Å². The standard InChI is InChI=1S/C16H22N6O2/c1-2-3-7-21-8-9-24-12-14(21)15(23)20-13-10-19-22(11-13)16-17-5-4-6-18-16/h4-6,10-11,14H,2-3,7-9,12H2,1H3,(H,20,23)/t14-/m0/s1. The van der Waals surface area contributed by atoms with Crippen LogP contribution in [0.2, 0.25) is 0 Å². The van der Waals surface area contributed by atoms with E-state index in [0.717, 1.165) is 25.9 Å². The first-order chi connectivity index (χ1) is 11.8. The highest BCUT2D eigenvalue weighted by Gasteiger charge is 2.29. The highest BCUT2D eigenvalue weighted by Crippen LogP contribution is 2.13. The maximum Gasteiger partial charge on any atom is 0.250 e. The van der Waals surface area contributed by atoms with E-state index in [1.54, 1.807) is 30.9 Å². The molecule has 1 saturated heterocycles. The molecule has 0 aromatic carbocycles. The fourth-order valence-corrected chi connectivity index (χ4v) is 2.64. The van der Waals surface area contributed by atoms with Gasteiger partial charge in [-0.05, 0) is 19.0 Å².